The Bertz CT molecular complexity index is 411. The predicted molar refractivity (Wildman–Crippen MR) is 69.4 cm³/mol. The quantitative estimate of drug-likeness (QED) is 0.474. The van der Waals surface area contributed by atoms with Gasteiger partial charge in [-0.2, -0.15) is 15.0 Å². The summed E-state index contributed by atoms with van der Waals surface area (Å²) in [5.41, 5.74) is 2.43. The molecule has 1 aliphatic rings. The van der Waals surface area contributed by atoms with Gasteiger partial charge in [0.25, 0.3) is 0 Å². The molecule has 1 atom stereocenters. The fraction of sp³-hybridized carbons (Fsp3) is 0.700. The van der Waals surface area contributed by atoms with Crippen LogP contribution in [0.3, 0.4) is 0 Å². The second-order valence-electron chi connectivity index (χ2n) is 4.54. The van der Waals surface area contributed by atoms with Crippen molar-refractivity contribution in [2.24, 2.45) is 5.84 Å². The van der Waals surface area contributed by atoms with Crippen molar-refractivity contribution in [2.75, 3.05) is 42.4 Å². The minimum absolute atomic E-state index is 0.323. The zero-order valence-corrected chi connectivity index (χ0v) is 10.7. The summed E-state index contributed by atoms with van der Waals surface area (Å²) >= 11 is 0. The lowest BCUT2D eigenvalue weighted by atomic mass is 10.1. The van der Waals surface area contributed by atoms with Crippen molar-refractivity contribution in [2.45, 2.75) is 18.9 Å². The first-order valence-electron chi connectivity index (χ1n) is 5.93. The molecule has 1 aromatic heterocycles. The molecule has 100 valence electrons. The first-order chi connectivity index (χ1) is 8.60. The van der Waals surface area contributed by atoms with Crippen LogP contribution in [0.15, 0.2) is 0 Å². The number of nitrogens with two attached hydrogens (primary N) is 1. The van der Waals surface area contributed by atoms with Crippen LogP contribution in [0, 0.1) is 0 Å². The molecule has 0 saturated carbocycles. The van der Waals surface area contributed by atoms with E-state index in [0.29, 0.717) is 24.4 Å². The first kappa shape index (κ1) is 12.8. The van der Waals surface area contributed by atoms with Gasteiger partial charge in [0.2, 0.25) is 17.8 Å². The van der Waals surface area contributed by atoms with E-state index in [9.17, 15) is 5.11 Å². The van der Waals surface area contributed by atoms with Crippen LogP contribution < -0.4 is 21.1 Å². The molecule has 2 rings (SSSR count). The van der Waals surface area contributed by atoms with Gasteiger partial charge in [0, 0.05) is 27.2 Å². The van der Waals surface area contributed by atoms with E-state index in [1.807, 2.05) is 19.0 Å². The number of rotatable bonds is 3. The summed E-state index contributed by atoms with van der Waals surface area (Å²) in [4.78, 5) is 16.5. The van der Waals surface area contributed by atoms with Crippen LogP contribution in [0.1, 0.15) is 12.8 Å². The van der Waals surface area contributed by atoms with Crippen LogP contribution >= 0.6 is 0 Å². The number of nitrogens with one attached hydrogen (secondary N) is 1. The number of aromatic nitrogens is 3. The second-order valence-corrected chi connectivity index (χ2v) is 4.54. The van der Waals surface area contributed by atoms with Crippen molar-refractivity contribution in [1.29, 1.82) is 0 Å². The molecule has 0 aliphatic carbocycles. The van der Waals surface area contributed by atoms with Gasteiger partial charge >= 0.3 is 0 Å². The smallest absolute Gasteiger partial charge is 0.243 e. The molecule has 18 heavy (non-hydrogen) atoms. The molecule has 0 radical (unpaired) electrons. The number of nitrogens with zero attached hydrogens (tertiary/aromatic N) is 5. The van der Waals surface area contributed by atoms with Gasteiger partial charge in [0.15, 0.2) is 0 Å². The van der Waals surface area contributed by atoms with E-state index in [2.05, 4.69) is 20.4 Å². The minimum Gasteiger partial charge on any atom is -0.391 e. The fourth-order valence-corrected chi connectivity index (χ4v) is 1.90. The van der Waals surface area contributed by atoms with E-state index >= 15 is 0 Å². The molecule has 1 unspecified atom stereocenters. The first-order valence-corrected chi connectivity index (χ1v) is 5.93. The van der Waals surface area contributed by atoms with Crippen LogP contribution in [-0.4, -0.2) is 53.3 Å². The number of aliphatic hydroxyl groups is 1. The Morgan fingerprint density at radius 2 is 2.17 bits per heavy atom. The molecule has 8 nitrogen and oxygen atoms in total. The van der Waals surface area contributed by atoms with Crippen LogP contribution in [0.5, 0.6) is 0 Å². The molecule has 1 fully saturated rings. The summed E-state index contributed by atoms with van der Waals surface area (Å²) in [6.45, 7) is 1.37. The largest absolute Gasteiger partial charge is 0.391 e. The van der Waals surface area contributed by atoms with Gasteiger partial charge < -0.3 is 14.9 Å². The van der Waals surface area contributed by atoms with Gasteiger partial charge in [-0.3, -0.25) is 5.43 Å². The molecular formula is C10H19N7O. The van der Waals surface area contributed by atoms with Gasteiger partial charge in [0.1, 0.15) is 0 Å². The highest BCUT2D eigenvalue weighted by Gasteiger charge is 2.21. The molecule has 1 saturated heterocycles. The molecule has 2 heterocycles. The Balaban J connectivity index is 2.28. The average molecular weight is 253 g/mol. The normalized spacial score (nSPS) is 19.8. The van der Waals surface area contributed by atoms with E-state index in [-0.39, 0.29) is 6.10 Å². The maximum Gasteiger partial charge on any atom is 0.243 e. The molecule has 8 heteroatoms. The van der Waals surface area contributed by atoms with Crippen LogP contribution in [-0.2, 0) is 0 Å². The Morgan fingerprint density at radius 1 is 1.39 bits per heavy atom. The summed E-state index contributed by atoms with van der Waals surface area (Å²) in [5, 5.41) is 9.68. The highest BCUT2D eigenvalue weighted by molar-refractivity contribution is 5.44. The van der Waals surface area contributed by atoms with Crippen molar-refractivity contribution in [3.63, 3.8) is 0 Å². The summed E-state index contributed by atoms with van der Waals surface area (Å²) in [5.74, 6) is 6.76. The number of β-amino-alcohol motifs (C(OH)–C–C–N with tert-alkyl or cyclic N) is 1. The summed E-state index contributed by atoms with van der Waals surface area (Å²) < 4.78 is 0. The van der Waals surface area contributed by atoms with Gasteiger partial charge in [-0.15, -0.1) is 0 Å². The average Bonchev–Trinajstić information content (AvgIpc) is 2.38. The minimum atomic E-state index is -0.326. The summed E-state index contributed by atoms with van der Waals surface area (Å²) in [6, 6.07) is 0. The van der Waals surface area contributed by atoms with Crippen molar-refractivity contribution in [1.82, 2.24) is 15.0 Å². The third-order valence-corrected chi connectivity index (χ3v) is 2.82. The maximum absolute atomic E-state index is 9.68. The Labute approximate surface area is 106 Å². The summed E-state index contributed by atoms with van der Waals surface area (Å²) in [6.07, 6.45) is 1.42. The van der Waals surface area contributed by atoms with E-state index < -0.39 is 0 Å². The van der Waals surface area contributed by atoms with Crippen molar-refractivity contribution < 1.29 is 5.11 Å². The van der Waals surface area contributed by atoms with E-state index in [4.69, 9.17) is 5.84 Å². The molecule has 0 amide bonds. The van der Waals surface area contributed by atoms with E-state index in [1.54, 1.807) is 4.90 Å². The maximum atomic E-state index is 9.68. The number of anilines is 3. The van der Waals surface area contributed by atoms with Gasteiger partial charge in [-0.25, -0.2) is 5.84 Å². The molecule has 4 N–H and O–H groups in total. The molecule has 0 bridgehead atoms. The van der Waals surface area contributed by atoms with Crippen LogP contribution in [0.4, 0.5) is 17.8 Å². The van der Waals surface area contributed by atoms with Crippen molar-refractivity contribution >= 4 is 17.8 Å². The molecule has 0 spiro atoms. The van der Waals surface area contributed by atoms with Gasteiger partial charge in [-0.1, -0.05) is 0 Å². The number of aliphatic hydroxyl groups excluding tert-OH is 1. The number of hydrogen-bond acceptors (Lipinski definition) is 8. The zero-order valence-electron chi connectivity index (χ0n) is 10.7. The zero-order chi connectivity index (χ0) is 13.1. The summed E-state index contributed by atoms with van der Waals surface area (Å²) in [7, 11) is 3.70. The number of hydrogen-bond donors (Lipinski definition) is 3. The monoisotopic (exact) mass is 253 g/mol. The molecule has 0 aromatic carbocycles. The lowest BCUT2D eigenvalue weighted by Crippen LogP contribution is -2.39. The molecule has 1 aliphatic heterocycles. The van der Waals surface area contributed by atoms with Crippen LogP contribution in [0.25, 0.3) is 0 Å². The lowest BCUT2D eigenvalue weighted by molar-refractivity contribution is 0.153. The third-order valence-electron chi connectivity index (χ3n) is 2.82. The number of piperidine rings is 1. The Hall–Kier alpha value is -1.67. The van der Waals surface area contributed by atoms with Crippen LogP contribution in [0.2, 0.25) is 0 Å². The Kier molecular flexibility index (Phi) is 3.78. The second kappa shape index (κ2) is 5.32. The van der Waals surface area contributed by atoms with E-state index in [1.165, 1.54) is 0 Å². The van der Waals surface area contributed by atoms with Gasteiger partial charge in [-0.05, 0) is 12.8 Å². The molecule has 1 aromatic rings. The topological polar surface area (TPSA) is 103 Å². The Morgan fingerprint density at radius 3 is 2.78 bits per heavy atom. The lowest BCUT2D eigenvalue weighted by Gasteiger charge is -2.30. The SMILES string of the molecule is CN(C)c1nc(NN)nc(N2CCCC(O)C2)n1. The number of nitrogen functional groups attached to an aromatic ring is 1. The van der Waals surface area contributed by atoms with E-state index in [0.717, 1.165) is 19.4 Å². The van der Waals surface area contributed by atoms with Gasteiger partial charge in [0.05, 0.1) is 6.10 Å². The predicted octanol–water partition coefficient (Wildman–Crippen LogP) is -0.816. The highest BCUT2D eigenvalue weighted by Crippen LogP contribution is 2.19. The third kappa shape index (κ3) is 2.77. The fourth-order valence-electron chi connectivity index (χ4n) is 1.90. The van der Waals surface area contributed by atoms with Crippen molar-refractivity contribution in [3.8, 4) is 0 Å². The highest BCUT2D eigenvalue weighted by atomic mass is 16.3. The number of hydrazine groups is 1. The standard InChI is InChI=1S/C10H19N7O/c1-16(2)9-12-8(15-11)13-10(14-9)17-5-3-4-7(18)6-17/h7,18H,3-6,11H2,1-2H3,(H,12,13,14,15). The van der Waals surface area contributed by atoms with Crippen molar-refractivity contribution in [3.05, 3.63) is 0 Å². The molecular weight excluding hydrogens is 234 g/mol.